The summed E-state index contributed by atoms with van der Waals surface area (Å²) in [4.78, 5) is 0. The van der Waals surface area contributed by atoms with Gasteiger partial charge in [0.2, 0.25) is 10.0 Å². The molecule has 1 aromatic carbocycles. The fourth-order valence-corrected chi connectivity index (χ4v) is 4.46. The summed E-state index contributed by atoms with van der Waals surface area (Å²) in [5.74, 6) is -0.156. The van der Waals surface area contributed by atoms with Crippen molar-refractivity contribution in [3.8, 4) is 0 Å². The number of benzene rings is 1. The van der Waals surface area contributed by atoms with Gasteiger partial charge in [-0.25, -0.2) is 13.1 Å². The summed E-state index contributed by atoms with van der Waals surface area (Å²) < 4.78 is 32.4. The van der Waals surface area contributed by atoms with Crippen LogP contribution in [0.2, 0.25) is 10.0 Å². The highest BCUT2D eigenvalue weighted by atomic mass is 35.5. The van der Waals surface area contributed by atoms with E-state index in [1.807, 2.05) is 0 Å². The monoisotopic (exact) mass is 366 g/mol. The average molecular weight is 367 g/mol. The van der Waals surface area contributed by atoms with E-state index in [0.29, 0.717) is 28.8 Å². The molecule has 0 aliphatic carbocycles. The zero-order valence-corrected chi connectivity index (χ0v) is 14.7. The quantitative estimate of drug-likeness (QED) is 0.775. The van der Waals surface area contributed by atoms with Crippen LogP contribution in [0.25, 0.3) is 0 Å². The van der Waals surface area contributed by atoms with Crippen LogP contribution >= 0.6 is 23.2 Å². The fraction of sp³-hybridized carbons (Fsp3) is 0.571. The fourth-order valence-electron chi connectivity index (χ4n) is 2.68. The average Bonchev–Trinajstić information content (AvgIpc) is 2.84. The van der Waals surface area contributed by atoms with E-state index in [1.54, 1.807) is 25.3 Å². The molecule has 1 atom stereocenters. The Hall–Kier alpha value is -0.370. The number of rotatable bonds is 7. The van der Waals surface area contributed by atoms with Crippen LogP contribution < -0.4 is 10.0 Å². The van der Waals surface area contributed by atoms with Gasteiger partial charge in [-0.2, -0.15) is 0 Å². The van der Waals surface area contributed by atoms with Gasteiger partial charge in [-0.05, 0) is 43.1 Å². The number of hydrogen-bond acceptors (Lipinski definition) is 4. The third-order valence-corrected chi connectivity index (χ3v) is 5.40. The lowest BCUT2D eigenvalue weighted by Gasteiger charge is -2.28. The molecule has 22 heavy (non-hydrogen) atoms. The Morgan fingerprint density at radius 1 is 1.32 bits per heavy atom. The lowest BCUT2D eigenvalue weighted by molar-refractivity contribution is 0.122. The van der Waals surface area contributed by atoms with Crippen molar-refractivity contribution < 1.29 is 13.2 Å². The lowest BCUT2D eigenvalue weighted by Crippen LogP contribution is -2.53. The number of hydrogen-bond donors (Lipinski definition) is 2. The predicted molar refractivity (Wildman–Crippen MR) is 88.9 cm³/mol. The van der Waals surface area contributed by atoms with E-state index >= 15 is 0 Å². The van der Waals surface area contributed by atoms with Crippen molar-refractivity contribution in [2.75, 3.05) is 26.8 Å². The number of halogens is 2. The molecule has 1 heterocycles. The second-order valence-corrected chi connectivity index (χ2v) is 8.28. The number of nitrogens with one attached hydrogen (secondary N) is 2. The summed E-state index contributed by atoms with van der Waals surface area (Å²) in [5.41, 5.74) is 0.235. The van der Waals surface area contributed by atoms with Crippen LogP contribution in [0.4, 0.5) is 0 Å². The first kappa shape index (κ1) is 18.0. The van der Waals surface area contributed by atoms with Gasteiger partial charge >= 0.3 is 0 Å². The summed E-state index contributed by atoms with van der Waals surface area (Å²) in [5, 5.41) is 4.18. The molecule has 124 valence electrons. The molecule has 1 fully saturated rings. The Labute approximate surface area is 141 Å². The van der Waals surface area contributed by atoms with Crippen molar-refractivity contribution in [2.24, 2.45) is 0 Å². The van der Waals surface area contributed by atoms with Crippen LogP contribution in [-0.2, 0) is 20.5 Å². The van der Waals surface area contributed by atoms with E-state index in [1.165, 1.54) is 0 Å². The van der Waals surface area contributed by atoms with Gasteiger partial charge in [0, 0.05) is 23.7 Å². The third-order valence-electron chi connectivity index (χ3n) is 3.66. The van der Waals surface area contributed by atoms with Gasteiger partial charge in [0.15, 0.2) is 0 Å². The molecule has 0 spiro atoms. The summed E-state index contributed by atoms with van der Waals surface area (Å²) in [6.45, 7) is 1.64. The molecular formula is C14H20Cl2N2O3S. The minimum Gasteiger partial charge on any atom is -0.383 e. The van der Waals surface area contributed by atoms with Crippen molar-refractivity contribution in [1.29, 1.82) is 0 Å². The van der Waals surface area contributed by atoms with E-state index in [-0.39, 0.29) is 11.3 Å². The SMILES string of the molecule is COCC1(CNS(=O)(=O)Cc2cc(Cl)cc(Cl)c2)CCCN1. The topological polar surface area (TPSA) is 67.4 Å². The van der Waals surface area contributed by atoms with Gasteiger partial charge in [0.25, 0.3) is 0 Å². The molecule has 1 aromatic rings. The molecule has 1 aliphatic heterocycles. The summed E-state index contributed by atoms with van der Waals surface area (Å²) in [6.07, 6.45) is 1.89. The van der Waals surface area contributed by atoms with E-state index in [4.69, 9.17) is 27.9 Å². The van der Waals surface area contributed by atoms with Gasteiger partial charge in [-0.1, -0.05) is 23.2 Å². The number of methoxy groups -OCH3 is 1. The smallest absolute Gasteiger partial charge is 0.215 e. The van der Waals surface area contributed by atoms with Gasteiger partial charge in [-0.3, -0.25) is 0 Å². The third kappa shape index (κ3) is 5.08. The second kappa shape index (κ2) is 7.47. The van der Waals surface area contributed by atoms with Crippen molar-refractivity contribution in [3.63, 3.8) is 0 Å². The second-order valence-electron chi connectivity index (χ2n) is 5.60. The molecular weight excluding hydrogens is 347 g/mol. The van der Waals surface area contributed by atoms with Gasteiger partial charge in [-0.15, -0.1) is 0 Å². The van der Waals surface area contributed by atoms with Gasteiger partial charge in [0.1, 0.15) is 0 Å². The molecule has 0 amide bonds. The van der Waals surface area contributed by atoms with Crippen LogP contribution in [-0.4, -0.2) is 40.8 Å². The van der Waals surface area contributed by atoms with Crippen LogP contribution in [0, 0.1) is 0 Å². The lowest BCUT2D eigenvalue weighted by atomic mass is 9.99. The summed E-state index contributed by atoms with van der Waals surface area (Å²) in [6, 6.07) is 4.78. The van der Waals surface area contributed by atoms with Crippen LogP contribution in [0.15, 0.2) is 18.2 Å². The highest BCUT2D eigenvalue weighted by Crippen LogP contribution is 2.22. The number of sulfonamides is 1. The van der Waals surface area contributed by atoms with E-state index < -0.39 is 10.0 Å². The molecule has 1 unspecified atom stereocenters. The van der Waals surface area contributed by atoms with Crippen molar-refractivity contribution in [3.05, 3.63) is 33.8 Å². The minimum atomic E-state index is -3.47. The molecule has 2 rings (SSSR count). The molecule has 1 saturated heterocycles. The van der Waals surface area contributed by atoms with Gasteiger partial charge in [0.05, 0.1) is 17.9 Å². The van der Waals surface area contributed by atoms with Crippen molar-refractivity contribution >= 4 is 33.2 Å². The van der Waals surface area contributed by atoms with E-state index in [0.717, 1.165) is 19.4 Å². The maximum Gasteiger partial charge on any atom is 0.215 e. The molecule has 0 aromatic heterocycles. The van der Waals surface area contributed by atoms with Crippen LogP contribution in [0.3, 0.4) is 0 Å². The first-order valence-corrected chi connectivity index (χ1v) is 9.41. The Bertz CT molecular complexity index is 596. The molecule has 0 bridgehead atoms. The minimum absolute atomic E-state index is 0.156. The van der Waals surface area contributed by atoms with Crippen LogP contribution in [0.1, 0.15) is 18.4 Å². The Kier molecular flexibility index (Phi) is 6.10. The highest BCUT2D eigenvalue weighted by Gasteiger charge is 2.34. The molecule has 2 N–H and O–H groups in total. The van der Waals surface area contributed by atoms with Crippen LogP contribution in [0.5, 0.6) is 0 Å². The van der Waals surface area contributed by atoms with Gasteiger partial charge < -0.3 is 10.1 Å². The Balaban J connectivity index is 2.01. The van der Waals surface area contributed by atoms with Crippen molar-refractivity contribution in [1.82, 2.24) is 10.0 Å². The predicted octanol–water partition coefficient (Wildman–Crippen LogP) is 2.18. The zero-order valence-electron chi connectivity index (χ0n) is 12.4. The standard InChI is InChI=1S/C14H20Cl2N2O3S/c1-21-10-14(3-2-4-17-14)9-18-22(19,20)8-11-5-12(15)7-13(16)6-11/h5-7,17-18H,2-4,8-10H2,1H3. The Morgan fingerprint density at radius 3 is 2.55 bits per heavy atom. The van der Waals surface area contributed by atoms with E-state index in [2.05, 4.69) is 10.0 Å². The molecule has 8 heteroatoms. The largest absolute Gasteiger partial charge is 0.383 e. The molecule has 0 radical (unpaired) electrons. The first-order valence-electron chi connectivity index (χ1n) is 7.00. The van der Waals surface area contributed by atoms with E-state index in [9.17, 15) is 8.42 Å². The first-order chi connectivity index (χ1) is 10.3. The molecule has 0 saturated carbocycles. The molecule has 5 nitrogen and oxygen atoms in total. The summed E-state index contributed by atoms with van der Waals surface area (Å²) in [7, 11) is -1.86. The Morgan fingerprint density at radius 2 is 2.00 bits per heavy atom. The molecule has 1 aliphatic rings. The maximum absolute atomic E-state index is 12.3. The van der Waals surface area contributed by atoms with Crippen molar-refractivity contribution in [2.45, 2.75) is 24.1 Å². The highest BCUT2D eigenvalue weighted by molar-refractivity contribution is 7.88. The number of ether oxygens (including phenoxy) is 1. The summed E-state index contributed by atoms with van der Waals surface area (Å²) >= 11 is 11.8. The maximum atomic E-state index is 12.3. The normalized spacial score (nSPS) is 22.1. The zero-order chi connectivity index (χ0) is 16.2.